The summed E-state index contributed by atoms with van der Waals surface area (Å²) in [7, 11) is 1.12. The van der Waals surface area contributed by atoms with Crippen LogP contribution in [0.2, 0.25) is 0 Å². The second-order valence-electron chi connectivity index (χ2n) is 19.6. The van der Waals surface area contributed by atoms with Crippen LogP contribution < -0.4 is 4.89 Å². The van der Waals surface area contributed by atoms with Crippen LogP contribution in [-0.2, 0) is 32.7 Å². The van der Waals surface area contributed by atoms with Crippen LogP contribution in [0.5, 0.6) is 0 Å². The highest BCUT2D eigenvalue weighted by molar-refractivity contribution is 7.45. The number of ether oxygens (including phenoxy) is 2. The fourth-order valence-corrected chi connectivity index (χ4v) is 7.76. The number of rotatable bonds is 50. The predicted octanol–water partition coefficient (Wildman–Crippen LogP) is 17.1. The Hall–Kier alpha value is -3.85. The van der Waals surface area contributed by atoms with Gasteiger partial charge in [-0.1, -0.05) is 205 Å². The van der Waals surface area contributed by atoms with Gasteiger partial charge < -0.3 is 27.9 Å². The lowest BCUT2D eigenvalue weighted by Gasteiger charge is -2.28. The number of unbranched alkanes of at least 4 members (excludes halogenated alkanes) is 14. The molecule has 2 atom stereocenters. The third-order valence-corrected chi connectivity index (χ3v) is 12.4. The SMILES string of the molecule is CC/C=C\C/C=C\C/C=C\C/C=C\C/C=C\C/C=C\C/C=C\C/C=C\C/C=C\CCCCCC(=O)OC(COC(=O)CCCCCCCCC/C=C\C/C=C\CCCCCC)COP(=O)([O-])OCC[N+](C)(C)C. The van der Waals surface area contributed by atoms with E-state index in [4.69, 9.17) is 18.5 Å². The van der Waals surface area contributed by atoms with Gasteiger partial charge in [0, 0.05) is 12.8 Å². The summed E-state index contributed by atoms with van der Waals surface area (Å²) in [5.74, 6) is -0.892. The second kappa shape index (κ2) is 53.0. The Morgan fingerprint density at radius 3 is 1.18 bits per heavy atom. The molecule has 2 unspecified atom stereocenters. The van der Waals surface area contributed by atoms with Gasteiger partial charge in [-0.25, -0.2) is 0 Å². The van der Waals surface area contributed by atoms with E-state index in [2.05, 4.69) is 148 Å². The average molecular weight is 1030 g/mol. The first-order valence-corrected chi connectivity index (χ1v) is 29.9. The molecule has 0 aromatic rings. The van der Waals surface area contributed by atoms with Crippen molar-refractivity contribution in [3.8, 4) is 0 Å². The number of carbonyl (C=O) groups is 2. The molecule has 0 amide bonds. The topological polar surface area (TPSA) is 111 Å². The van der Waals surface area contributed by atoms with Crippen LogP contribution in [-0.4, -0.2) is 70.0 Å². The molecule has 414 valence electrons. The Morgan fingerprint density at radius 1 is 0.438 bits per heavy atom. The van der Waals surface area contributed by atoms with E-state index in [1.54, 1.807) is 0 Å². The normalized spacial score (nSPS) is 14.3. The summed E-state index contributed by atoms with van der Waals surface area (Å²) >= 11 is 0. The zero-order valence-electron chi connectivity index (χ0n) is 46.8. The third-order valence-electron chi connectivity index (χ3n) is 11.4. The minimum absolute atomic E-state index is 0.0468. The fraction of sp³-hybridized carbons (Fsp3) is 0.619. The van der Waals surface area contributed by atoms with E-state index in [-0.39, 0.29) is 26.1 Å². The maximum Gasteiger partial charge on any atom is 0.306 e. The quantitative estimate of drug-likeness (QED) is 0.0195. The van der Waals surface area contributed by atoms with E-state index in [0.29, 0.717) is 23.9 Å². The molecule has 0 aromatic heterocycles. The van der Waals surface area contributed by atoms with Gasteiger partial charge in [0.1, 0.15) is 19.8 Å². The van der Waals surface area contributed by atoms with Gasteiger partial charge in [-0.2, -0.15) is 0 Å². The van der Waals surface area contributed by atoms with Crippen molar-refractivity contribution in [1.29, 1.82) is 0 Å². The van der Waals surface area contributed by atoms with E-state index in [1.165, 1.54) is 51.4 Å². The number of likely N-dealkylation sites (N-methyl/N-ethyl adjacent to an activating group) is 1. The molecule has 0 bridgehead atoms. The zero-order chi connectivity index (χ0) is 53.5. The van der Waals surface area contributed by atoms with Crippen LogP contribution in [0.4, 0.5) is 0 Å². The number of nitrogens with zero attached hydrogens (tertiary/aromatic N) is 1. The van der Waals surface area contributed by atoms with Crippen LogP contribution in [0.15, 0.2) is 134 Å². The standard InChI is InChI=1S/C63H104NO8P/c1-6-8-10-12-14-16-18-20-22-24-26-27-28-29-30-31-32-33-34-35-36-37-38-40-42-44-46-48-50-52-54-56-63(66)72-61(60-71-73(67,68)70-58-57-64(3,4)5)59-69-62(65)55-53-51-49-47-45-43-41-39-25-23-21-19-17-15-13-11-9-7-2/h8,10,14,16-17,19-20,22-23,25-27,29-30,32-33,35-36,38,40,44,46,61H,6-7,9,11-13,15,18,21,24,28,31,34,37,39,41-43,45,47-60H2,1-5H3/b10-8-,16-14-,19-17-,22-20-,25-23-,27-26-,30-29-,33-32-,36-35-,40-38-,46-44-. The number of phosphoric ester groups is 1. The second-order valence-corrected chi connectivity index (χ2v) is 21.0. The molecular weight excluding hydrogens is 930 g/mol. The van der Waals surface area contributed by atoms with Crippen molar-refractivity contribution in [2.24, 2.45) is 0 Å². The molecule has 0 fully saturated rings. The van der Waals surface area contributed by atoms with Gasteiger partial charge in [0.05, 0.1) is 27.7 Å². The van der Waals surface area contributed by atoms with Crippen LogP contribution in [0.3, 0.4) is 0 Å². The van der Waals surface area contributed by atoms with Crippen molar-refractivity contribution in [3.63, 3.8) is 0 Å². The number of hydrogen-bond donors (Lipinski definition) is 0. The monoisotopic (exact) mass is 1030 g/mol. The number of carbonyl (C=O) groups excluding carboxylic acids is 2. The van der Waals surface area contributed by atoms with Crippen molar-refractivity contribution < 1.29 is 42.1 Å². The Kier molecular flexibility index (Phi) is 50.2. The molecule has 0 saturated heterocycles. The lowest BCUT2D eigenvalue weighted by atomic mass is 10.1. The smallest absolute Gasteiger partial charge is 0.306 e. The first kappa shape index (κ1) is 69.2. The van der Waals surface area contributed by atoms with E-state index in [9.17, 15) is 19.0 Å². The van der Waals surface area contributed by atoms with Crippen molar-refractivity contribution in [1.82, 2.24) is 0 Å². The highest BCUT2D eigenvalue weighted by atomic mass is 31.2. The molecular formula is C63H104NO8P. The molecule has 0 aliphatic carbocycles. The Bertz CT molecular complexity index is 1690. The molecule has 0 heterocycles. The Morgan fingerprint density at radius 2 is 0.781 bits per heavy atom. The first-order valence-electron chi connectivity index (χ1n) is 28.4. The molecule has 0 N–H and O–H groups in total. The third kappa shape index (κ3) is 57.3. The summed E-state index contributed by atoms with van der Waals surface area (Å²) in [6, 6.07) is 0. The molecule has 0 spiro atoms. The molecule has 0 rings (SSSR count). The minimum atomic E-state index is -4.66. The number of hydrogen-bond acceptors (Lipinski definition) is 8. The summed E-state index contributed by atoms with van der Waals surface area (Å²) < 4.78 is 34.1. The van der Waals surface area contributed by atoms with E-state index >= 15 is 0 Å². The van der Waals surface area contributed by atoms with Gasteiger partial charge in [-0.3, -0.25) is 14.2 Å². The lowest BCUT2D eigenvalue weighted by molar-refractivity contribution is -0.870. The van der Waals surface area contributed by atoms with Crippen LogP contribution in [0, 0.1) is 0 Å². The molecule has 0 radical (unpaired) electrons. The Balaban J connectivity index is 4.32. The molecule has 0 aliphatic heterocycles. The maximum atomic E-state index is 12.8. The number of phosphoric acid groups is 1. The number of quaternary nitrogens is 1. The molecule has 10 heteroatoms. The van der Waals surface area contributed by atoms with E-state index in [1.807, 2.05) is 21.1 Å². The van der Waals surface area contributed by atoms with E-state index < -0.39 is 32.5 Å². The van der Waals surface area contributed by atoms with Crippen molar-refractivity contribution in [3.05, 3.63) is 134 Å². The minimum Gasteiger partial charge on any atom is -0.756 e. The van der Waals surface area contributed by atoms with Crippen LogP contribution >= 0.6 is 7.82 Å². The number of allylic oxidation sites excluding steroid dienone is 22. The summed E-state index contributed by atoms with van der Waals surface area (Å²) in [6.07, 6.45) is 76.3. The molecule has 0 saturated carbocycles. The van der Waals surface area contributed by atoms with Crippen molar-refractivity contribution in [2.75, 3.05) is 47.5 Å². The largest absolute Gasteiger partial charge is 0.756 e. The van der Waals surface area contributed by atoms with Crippen molar-refractivity contribution >= 4 is 19.8 Å². The maximum absolute atomic E-state index is 12.8. The first-order chi connectivity index (χ1) is 35.5. The summed E-state index contributed by atoms with van der Waals surface area (Å²) in [5, 5.41) is 0. The number of esters is 2. The summed E-state index contributed by atoms with van der Waals surface area (Å²) in [6.45, 7) is 4.04. The van der Waals surface area contributed by atoms with Gasteiger partial charge in [-0.05, 0) is 116 Å². The highest BCUT2D eigenvalue weighted by Gasteiger charge is 2.21. The predicted molar refractivity (Wildman–Crippen MR) is 309 cm³/mol. The molecule has 0 aromatic carbocycles. The highest BCUT2D eigenvalue weighted by Crippen LogP contribution is 2.38. The van der Waals surface area contributed by atoms with Crippen LogP contribution in [0.1, 0.15) is 200 Å². The van der Waals surface area contributed by atoms with Gasteiger partial charge in [0.25, 0.3) is 7.82 Å². The van der Waals surface area contributed by atoms with Gasteiger partial charge in [-0.15, -0.1) is 0 Å². The van der Waals surface area contributed by atoms with Gasteiger partial charge in [0.2, 0.25) is 0 Å². The molecule has 0 aliphatic rings. The van der Waals surface area contributed by atoms with Crippen molar-refractivity contribution in [2.45, 2.75) is 206 Å². The lowest BCUT2D eigenvalue weighted by Crippen LogP contribution is -2.37. The van der Waals surface area contributed by atoms with E-state index in [0.717, 1.165) is 109 Å². The molecule has 73 heavy (non-hydrogen) atoms. The summed E-state index contributed by atoms with van der Waals surface area (Å²) in [5.41, 5.74) is 0. The fourth-order valence-electron chi connectivity index (χ4n) is 7.03. The van der Waals surface area contributed by atoms with Gasteiger partial charge in [0.15, 0.2) is 6.10 Å². The summed E-state index contributed by atoms with van der Waals surface area (Å²) in [4.78, 5) is 37.8. The van der Waals surface area contributed by atoms with Crippen LogP contribution in [0.25, 0.3) is 0 Å². The average Bonchev–Trinajstić information content (AvgIpc) is 3.35. The zero-order valence-corrected chi connectivity index (χ0v) is 47.7. The van der Waals surface area contributed by atoms with Gasteiger partial charge >= 0.3 is 11.9 Å². The molecule has 9 nitrogen and oxygen atoms in total. The Labute approximate surface area is 447 Å².